The lowest BCUT2D eigenvalue weighted by atomic mass is 9.80. The van der Waals surface area contributed by atoms with Crippen molar-refractivity contribution in [3.05, 3.63) is 47.7 Å². The molecule has 6 rings (SSSR count). The highest BCUT2D eigenvalue weighted by atomic mass is 32.1. The highest BCUT2D eigenvalue weighted by Gasteiger charge is 2.28. The molecular formula is C23H22N6OS. The van der Waals surface area contributed by atoms with E-state index in [9.17, 15) is 5.11 Å². The summed E-state index contributed by atoms with van der Waals surface area (Å²) in [5.74, 6) is 0.362. The number of pyridine rings is 2. The minimum Gasteiger partial charge on any atom is -0.387 e. The SMILES string of the molecule is Cn1cc2cc(-c3cc(-c4ccnn4C)nc4sc([C@@H](O)C5CCC5)cc34)cnc2n1. The first kappa shape index (κ1) is 18.7. The Labute approximate surface area is 183 Å². The molecule has 0 bridgehead atoms. The van der Waals surface area contributed by atoms with Gasteiger partial charge in [-0.25, -0.2) is 9.97 Å². The molecule has 0 unspecified atom stereocenters. The van der Waals surface area contributed by atoms with E-state index in [1.54, 1.807) is 22.2 Å². The van der Waals surface area contributed by atoms with Crippen molar-refractivity contribution < 1.29 is 5.11 Å². The van der Waals surface area contributed by atoms with Crippen molar-refractivity contribution in [2.45, 2.75) is 25.4 Å². The second-order valence-corrected chi connectivity index (χ2v) is 9.40. The molecule has 0 radical (unpaired) electrons. The molecule has 5 heterocycles. The third kappa shape index (κ3) is 3.05. The Hall–Kier alpha value is -3.10. The smallest absolute Gasteiger partial charge is 0.181 e. The van der Waals surface area contributed by atoms with Gasteiger partial charge in [-0.3, -0.25) is 9.36 Å². The van der Waals surface area contributed by atoms with Crippen LogP contribution in [0.4, 0.5) is 0 Å². The minimum absolute atomic E-state index is 0.362. The molecule has 1 aliphatic carbocycles. The number of aliphatic hydroxyl groups excluding tert-OH is 1. The Bertz CT molecular complexity index is 1430. The normalized spacial score (nSPS) is 15.6. The van der Waals surface area contributed by atoms with Crippen molar-refractivity contribution in [2.75, 3.05) is 0 Å². The predicted octanol–water partition coefficient (Wildman–Crippen LogP) is 4.48. The standard InChI is InChI=1S/C23H22N6OS/c1-28-12-15-8-14(11-24-22(15)27-28)16-9-18(19-6-7-25-29(19)2)26-23-17(16)10-20(31-23)21(30)13-4-3-5-13/h6-13,21,30H,3-5H2,1-2H3/t21-/m0/s1. The van der Waals surface area contributed by atoms with E-state index >= 15 is 0 Å². The molecule has 0 spiro atoms. The van der Waals surface area contributed by atoms with E-state index in [2.05, 4.69) is 33.4 Å². The summed E-state index contributed by atoms with van der Waals surface area (Å²) in [7, 11) is 3.82. The molecule has 0 saturated heterocycles. The van der Waals surface area contributed by atoms with Crippen molar-refractivity contribution in [3.8, 4) is 22.5 Å². The van der Waals surface area contributed by atoms with Crippen molar-refractivity contribution >= 4 is 32.6 Å². The zero-order chi connectivity index (χ0) is 21.1. The van der Waals surface area contributed by atoms with E-state index in [0.717, 1.165) is 61.5 Å². The van der Waals surface area contributed by atoms with Gasteiger partial charge >= 0.3 is 0 Å². The second-order valence-electron chi connectivity index (χ2n) is 8.34. The summed E-state index contributed by atoms with van der Waals surface area (Å²) in [5, 5.41) is 21.6. The van der Waals surface area contributed by atoms with Gasteiger partial charge in [0.15, 0.2) is 5.65 Å². The van der Waals surface area contributed by atoms with Crippen molar-refractivity contribution in [3.63, 3.8) is 0 Å². The van der Waals surface area contributed by atoms with Crippen LogP contribution in [0, 0.1) is 5.92 Å². The highest BCUT2D eigenvalue weighted by Crippen LogP contribution is 2.43. The third-order valence-electron chi connectivity index (χ3n) is 6.28. The largest absolute Gasteiger partial charge is 0.387 e. The summed E-state index contributed by atoms with van der Waals surface area (Å²) in [6.07, 6.45) is 8.61. The number of aryl methyl sites for hydroxylation is 2. The van der Waals surface area contributed by atoms with Gasteiger partial charge in [-0.15, -0.1) is 11.3 Å². The molecule has 7 nitrogen and oxygen atoms in total. The van der Waals surface area contributed by atoms with E-state index < -0.39 is 6.10 Å². The Kier molecular flexibility index (Phi) is 4.19. The van der Waals surface area contributed by atoms with Crippen LogP contribution in [-0.4, -0.2) is 34.6 Å². The van der Waals surface area contributed by atoms with Crippen LogP contribution >= 0.6 is 11.3 Å². The quantitative estimate of drug-likeness (QED) is 0.455. The summed E-state index contributed by atoms with van der Waals surface area (Å²) in [4.78, 5) is 11.4. The van der Waals surface area contributed by atoms with Crippen molar-refractivity contribution in [1.29, 1.82) is 0 Å². The number of rotatable bonds is 4. The number of fused-ring (bicyclic) bond motifs is 2. The van der Waals surface area contributed by atoms with E-state index in [-0.39, 0.29) is 0 Å². The molecule has 31 heavy (non-hydrogen) atoms. The van der Waals surface area contributed by atoms with Crippen molar-refractivity contribution in [1.82, 2.24) is 29.5 Å². The Morgan fingerprint density at radius 1 is 1.19 bits per heavy atom. The summed E-state index contributed by atoms with van der Waals surface area (Å²) in [6, 6.07) is 8.31. The van der Waals surface area contributed by atoms with Gasteiger partial charge in [0.2, 0.25) is 0 Å². The lowest BCUT2D eigenvalue weighted by molar-refractivity contribution is 0.0650. The zero-order valence-electron chi connectivity index (χ0n) is 17.4. The third-order valence-corrected chi connectivity index (χ3v) is 7.38. The summed E-state index contributed by atoms with van der Waals surface area (Å²) in [6.45, 7) is 0. The number of nitrogens with zero attached hydrogens (tertiary/aromatic N) is 6. The molecule has 1 saturated carbocycles. The summed E-state index contributed by atoms with van der Waals surface area (Å²) in [5.41, 5.74) is 4.62. The molecule has 8 heteroatoms. The Balaban J connectivity index is 1.57. The van der Waals surface area contributed by atoms with Crippen molar-refractivity contribution in [2.24, 2.45) is 20.0 Å². The van der Waals surface area contributed by atoms with E-state index in [0.29, 0.717) is 5.92 Å². The van der Waals surface area contributed by atoms with Gasteiger partial charge in [0.05, 0.1) is 17.5 Å². The van der Waals surface area contributed by atoms with Gasteiger partial charge in [-0.05, 0) is 48.6 Å². The fourth-order valence-electron chi connectivity index (χ4n) is 4.34. The zero-order valence-corrected chi connectivity index (χ0v) is 18.2. The molecule has 1 fully saturated rings. The minimum atomic E-state index is -0.417. The second kappa shape index (κ2) is 6.96. The van der Waals surface area contributed by atoms with E-state index in [1.165, 1.54) is 6.42 Å². The first-order chi connectivity index (χ1) is 15.1. The van der Waals surface area contributed by atoms with Gasteiger partial charge in [0, 0.05) is 53.9 Å². The average molecular weight is 431 g/mol. The topological polar surface area (TPSA) is 81.7 Å². The maximum atomic E-state index is 10.9. The summed E-state index contributed by atoms with van der Waals surface area (Å²) >= 11 is 1.59. The highest BCUT2D eigenvalue weighted by molar-refractivity contribution is 7.18. The van der Waals surface area contributed by atoms with Gasteiger partial charge in [0.1, 0.15) is 4.83 Å². The number of thiophene rings is 1. The number of hydrogen-bond acceptors (Lipinski definition) is 6. The van der Waals surface area contributed by atoms with Gasteiger partial charge in [0.25, 0.3) is 0 Å². The first-order valence-electron chi connectivity index (χ1n) is 10.5. The van der Waals surface area contributed by atoms with Gasteiger partial charge in [-0.1, -0.05) is 6.42 Å². The number of hydrogen-bond donors (Lipinski definition) is 1. The van der Waals surface area contributed by atoms with E-state index in [1.807, 2.05) is 37.2 Å². The lowest BCUT2D eigenvalue weighted by Crippen LogP contribution is -2.19. The molecule has 0 amide bonds. The Morgan fingerprint density at radius 3 is 2.81 bits per heavy atom. The van der Waals surface area contributed by atoms with Crippen LogP contribution in [0.15, 0.2) is 42.9 Å². The molecule has 1 N–H and O–H groups in total. The van der Waals surface area contributed by atoms with Gasteiger partial charge < -0.3 is 5.11 Å². The van der Waals surface area contributed by atoms with Crippen LogP contribution in [-0.2, 0) is 14.1 Å². The Morgan fingerprint density at radius 2 is 2.06 bits per heavy atom. The monoisotopic (exact) mass is 430 g/mol. The van der Waals surface area contributed by atoms with Crippen LogP contribution in [0.25, 0.3) is 43.8 Å². The number of aliphatic hydroxyl groups is 1. The maximum Gasteiger partial charge on any atom is 0.181 e. The molecular weight excluding hydrogens is 408 g/mol. The van der Waals surface area contributed by atoms with Crippen LogP contribution in [0.3, 0.4) is 0 Å². The van der Waals surface area contributed by atoms with E-state index in [4.69, 9.17) is 4.98 Å². The maximum absolute atomic E-state index is 10.9. The lowest BCUT2D eigenvalue weighted by Gasteiger charge is -2.29. The number of aromatic nitrogens is 6. The molecule has 5 aromatic heterocycles. The molecule has 0 aromatic carbocycles. The van der Waals surface area contributed by atoms with Crippen LogP contribution < -0.4 is 0 Å². The van der Waals surface area contributed by atoms with Gasteiger partial charge in [-0.2, -0.15) is 10.2 Å². The van der Waals surface area contributed by atoms with Crippen LogP contribution in [0.2, 0.25) is 0 Å². The molecule has 1 aliphatic rings. The predicted molar refractivity (Wildman–Crippen MR) is 122 cm³/mol. The average Bonchev–Trinajstić information content (AvgIpc) is 3.41. The molecule has 5 aromatic rings. The first-order valence-corrected chi connectivity index (χ1v) is 11.3. The fraction of sp³-hybridized carbons (Fsp3) is 0.304. The molecule has 156 valence electrons. The van der Waals surface area contributed by atoms with Crippen LogP contribution in [0.5, 0.6) is 0 Å². The molecule has 1 atom stereocenters. The summed E-state index contributed by atoms with van der Waals surface area (Å²) < 4.78 is 3.61. The fourth-order valence-corrected chi connectivity index (χ4v) is 5.48. The van der Waals surface area contributed by atoms with Crippen LogP contribution in [0.1, 0.15) is 30.2 Å². The molecule has 0 aliphatic heterocycles.